The lowest BCUT2D eigenvalue weighted by molar-refractivity contribution is 0.921. The maximum atomic E-state index is 4.04. The molecule has 17 heavy (non-hydrogen) atoms. The van der Waals surface area contributed by atoms with Crippen LogP contribution in [0.3, 0.4) is 0 Å². The lowest BCUT2D eigenvalue weighted by Gasteiger charge is -2.03. The van der Waals surface area contributed by atoms with Crippen LogP contribution in [0.4, 0.5) is 0 Å². The molecule has 0 aliphatic rings. The second kappa shape index (κ2) is 13.0. The van der Waals surface area contributed by atoms with Crippen LogP contribution in [0.25, 0.3) is 0 Å². The minimum atomic E-state index is 1.16. The van der Waals surface area contributed by atoms with E-state index in [1.165, 1.54) is 23.1 Å². The highest BCUT2D eigenvalue weighted by Gasteiger charge is 1.96. The van der Waals surface area contributed by atoms with Crippen molar-refractivity contribution < 1.29 is 0 Å². The Hall–Kier alpha value is -1.11. The second-order valence-electron chi connectivity index (χ2n) is 3.33. The molecule has 0 bridgehead atoms. The third-order valence-electron chi connectivity index (χ3n) is 2.15. The van der Waals surface area contributed by atoms with Crippen LogP contribution in [0.15, 0.2) is 23.2 Å². The van der Waals surface area contributed by atoms with Gasteiger partial charge in [-0.25, -0.2) is 0 Å². The Morgan fingerprint density at radius 3 is 2.18 bits per heavy atom. The number of aliphatic imine (C=N–C) groups is 1. The van der Waals surface area contributed by atoms with Gasteiger partial charge >= 0.3 is 0 Å². The van der Waals surface area contributed by atoms with E-state index in [2.05, 4.69) is 37.0 Å². The van der Waals surface area contributed by atoms with E-state index in [1.807, 2.05) is 41.0 Å². The summed E-state index contributed by atoms with van der Waals surface area (Å²) in [4.78, 5) is 4.04. The lowest BCUT2D eigenvalue weighted by atomic mass is 10.0. The average Bonchev–Trinajstić information content (AvgIpc) is 2.39. The molecular formula is C16H29N. The van der Waals surface area contributed by atoms with Crippen molar-refractivity contribution in [3.8, 4) is 0 Å². The molecule has 0 fully saturated rings. The van der Waals surface area contributed by atoms with E-state index in [1.54, 1.807) is 0 Å². The smallest absolute Gasteiger partial charge is 0.0284 e. The third-order valence-corrected chi connectivity index (χ3v) is 2.15. The summed E-state index contributed by atoms with van der Waals surface area (Å²) < 4.78 is 0. The molecule has 0 atom stereocenters. The second-order valence-corrected chi connectivity index (χ2v) is 3.33. The first-order valence-corrected chi connectivity index (χ1v) is 6.79. The van der Waals surface area contributed by atoms with Crippen molar-refractivity contribution in [2.24, 2.45) is 4.99 Å². The molecule has 98 valence electrons. The minimum absolute atomic E-state index is 1.16. The fourth-order valence-electron chi connectivity index (χ4n) is 1.41. The van der Waals surface area contributed by atoms with Crippen LogP contribution in [-0.4, -0.2) is 13.3 Å². The number of aryl methyl sites for hydroxylation is 2. The maximum absolute atomic E-state index is 4.04. The lowest BCUT2D eigenvalue weighted by Crippen LogP contribution is -1.91. The standard InChI is InChI=1S/C12H17N.2C2H6/c1-4-5-11-7-6-10(2)12(8-11)9-13-3;2*1-2/h6-9H,4-5H2,1-3H3;2*1-2H3. The molecule has 1 rings (SSSR count). The Morgan fingerprint density at radius 1 is 1.12 bits per heavy atom. The van der Waals surface area contributed by atoms with Gasteiger partial charge in [0, 0.05) is 13.3 Å². The van der Waals surface area contributed by atoms with Gasteiger partial charge in [-0.05, 0) is 36.1 Å². The molecule has 1 heteroatoms. The largest absolute Gasteiger partial charge is 0.296 e. The highest BCUT2D eigenvalue weighted by Crippen LogP contribution is 2.10. The zero-order valence-corrected chi connectivity index (χ0v) is 12.7. The van der Waals surface area contributed by atoms with E-state index in [-0.39, 0.29) is 0 Å². The van der Waals surface area contributed by atoms with E-state index < -0.39 is 0 Å². The van der Waals surface area contributed by atoms with Gasteiger partial charge in [0.25, 0.3) is 0 Å². The van der Waals surface area contributed by atoms with Crippen molar-refractivity contribution >= 4 is 6.21 Å². The number of nitrogens with zero attached hydrogens (tertiary/aromatic N) is 1. The molecule has 0 unspecified atom stereocenters. The van der Waals surface area contributed by atoms with E-state index in [0.29, 0.717) is 0 Å². The molecule has 0 heterocycles. The summed E-state index contributed by atoms with van der Waals surface area (Å²) in [6.45, 7) is 12.3. The molecule has 0 saturated carbocycles. The summed E-state index contributed by atoms with van der Waals surface area (Å²) in [6, 6.07) is 6.60. The normalized spacial score (nSPS) is 9.12. The highest BCUT2D eigenvalue weighted by atomic mass is 14.6. The topological polar surface area (TPSA) is 12.4 Å². The predicted octanol–water partition coefficient (Wildman–Crippen LogP) is 5.05. The summed E-state index contributed by atoms with van der Waals surface area (Å²) in [5.74, 6) is 0. The number of benzene rings is 1. The summed E-state index contributed by atoms with van der Waals surface area (Å²) in [7, 11) is 1.81. The van der Waals surface area contributed by atoms with Crippen LogP contribution in [0, 0.1) is 6.92 Å². The van der Waals surface area contributed by atoms with Crippen molar-refractivity contribution in [1.82, 2.24) is 0 Å². The molecule has 0 aliphatic carbocycles. The van der Waals surface area contributed by atoms with Gasteiger partial charge in [0.1, 0.15) is 0 Å². The van der Waals surface area contributed by atoms with Gasteiger partial charge in [0.15, 0.2) is 0 Å². The predicted molar refractivity (Wildman–Crippen MR) is 81.4 cm³/mol. The summed E-state index contributed by atoms with van der Waals surface area (Å²) >= 11 is 0. The van der Waals surface area contributed by atoms with Gasteiger partial charge in [-0.2, -0.15) is 0 Å². The zero-order chi connectivity index (χ0) is 13.7. The van der Waals surface area contributed by atoms with Crippen LogP contribution >= 0.6 is 0 Å². The highest BCUT2D eigenvalue weighted by molar-refractivity contribution is 5.81. The van der Waals surface area contributed by atoms with Gasteiger partial charge in [-0.3, -0.25) is 4.99 Å². The monoisotopic (exact) mass is 235 g/mol. The first kappa shape index (κ1) is 18.3. The van der Waals surface area contributed by atoms with Crippen molar-refractivity contribution in [2.75, 3.05) is 7.05 Å². The Bertz CT molecular complexity index is 300. The Labute approximate surface area is 108 Å². The van der Waals surface area contributed by atoms with Gasteiger partial charge in [0.05, 0.1) is 0 Å². The molecule has 0 N–H and O–H groups in total. The van der Waals surface area contributed by atoms with Crippen LogP contribution in [0.5, 0.6) is 0 Å². The van der Waals surface area contributed by atoms with Crippen molar-refractivity contribution in [2.45, 2.75) is 54.4 Å². The molecule has 1 aromatic rings. The van der Waals surface area contributed by atoms with Crippen molar-refractivity contribution in [3.63, 3.8) is 0 Å². The SMILES string of the molecule is CC.CC.CCCc1ccc(C)c(C=NC)c1. The van der Waals surface area contributed by atoms with Gasteiger partial charge in [0.2, 0.25) is 0 Å². The Balaban J connectivity index is 0. The molecule has 1 nitrogen and oxygen atoms in total. The number of hydrogen-bond donors (Lipinski definition) is 0. The summed E-state index contributed by atoms with van der Waals surface area (Å²) in [5.41, 5.74) is 3.95. The van der Waals surface area contributed by atoms with Crippen LogP contribution in [-0.2, 0) is 6.42 Å². The van der Waals surface area contributed by atoms with E-state index in [0.717, 1.165) is 6.42 Å². The van der Waals surface area contributed by atoms with Crippen molar-refractivity contribution in [1.29, 1.82) is 0 Å². The van der Waals surface area contributed by atoms with E-state index >= 15 is 0 Å². The Kier molecular flexibility index (Phi) is 13.9. The van der Waals surface area contributed by atoms with Crippen LogP contribution in [0.2, 0.25) is 0 Å². The van der Waals surface area contributed by atoms with Crippen LogP contribution in [0.1, 0.15) is 57.7 Å². The van der Waals surface area contributed by atoms with Gasteiger partial charge in [-0.1, -0.05) is 53.2 Å². The molecule has 0 spiro atoms. The fourth-order valence-corrected chi connectivity index (χ4v) is 1.41. The van der Waals surface area contributed by atoms with Gasteiger partial charge < -0.3 is 0 Å². The molecule has 0 aromatic heterocycles. The first-order chi connectivity index (χ1) is 8.27. The molecule has 0 aliphatic heterocycles. The summed E-state index contributed by atoms with van der Waals surface area (Å²) in [5, 5.41) is 0. The quantitative estimate of drug-likeness (QED) is 0.650. The minimum Gasteiger partial charge on any atom is -0.296 e. The molecule has 0 saturated heterocycles. The average molecular weight is 235 g/mol. The fraction of sp³-hybridized carbons (Fsp3) is 0.562. The van der Waals surface area contributed by atoms with Crippen molar-refractivity contribution in [3.05, 3.63) is 34.9 Å². The zero-order valence-electron chi connectivity index (χ0n) is 12.7. The van der Waals surface area contributed by atoms with E-state index in [4.69, 9.17) is 0 Å². The molecule has 0 radical (unpaired) electrons. The first-order valence-electron chi connectivity index (χ1n) is 6.79. The number of hydrogen-bond acceptors (Lipinski definition) is 1. The number of rotatable bonds is 3. The third kappa shape index (κ3) is 7.73. The molecular weight excluding hydrogens is 206 g/mol. The Morgan fingerprint density at radius 2 is 1.71 bits per heavy atom. The summed E-state index contributed by atoms with van der Waals surface area (Å²) in [6.07, 6.45) is 4.28. The molecule has 0 amide bonds. The maximum Gasteiger partial charge on any atom is 0.0284 e. The molecule has 1 aromatic carbocycles. The van der Waals surface area contributed by atoms with E-state index in [9.17, 15) is 0 Å². The van der Waals surface area contributed by atoms with Crippen LogP contribution < -0.4 is 0 Å². The van der Waals surface area contributed by atoms with Gasteiger partial charge in [-0.15, -0.1) is 0 Å².